The minimum atomic E-state index is -0.308. The smallest absolute Gasteiger partial charge is 0.291 e. The first-order valence-corrected chi connectivity index (χ1v) is 9.46. The van der Waals surface area contributed by atoms with Gasteiger partial charge in [0.25, 0.3) is 5.91 Å². The first-order chi connectivity index (χ1) is 14.1. The van der Waals surface area contributed by atoms with Crippen LogP contribution >= 0.6 is 0 Å². The van der Waals surface area contributed by atoms with Gasteiger partial charge in [0.1, 0.15) is 0 Å². The van der Waals surface area contributed by atoms with Crippen molar-refractivity contribution in [1.29, 1.82) is 0 Å². The SMILES string of the molecule is C/C(=N\NC(=O)[C@H]1C[C@H]1c1ccccc1)c1ccc(NC(=O)c2ccco2)cc1. The van der Waals surface area contributed by atoms with E-state index in [9.17, 15) is 9.59 Å². The third kappa shape index (κ3) is 4.43. The van der Waals surface area contributed by atoms with Crippen LogP contribution in [0.25, 0.3) is 0 Å². The molecular formula is C23H21N3O3. The molecule has 3 aromatic rings. The standard InChI is InChI=1S/C23H21N3O3/c1-15(25-26-22(27)20-14-19(20)17-6-3-2-4-7-17)16-9-11-18(12-10-16)24-23(28)21-8-5-13-29-21/h2-13,19-20H,14H2,1H3,(H,24,28)(H,26,27)/b25-15+/t19-,20-/m0/s1. The summed E-state index contributed by atoms with van der Waals surface area (Å²) in [6.45, 7) is 1.83. The van der Waals surface area contributed by atoms with Crippen molar-refractivity contribution < 1.29 is 14.0 Å². The third-order valence-electron chi connectivity index (χ3n) is 4.99. The van der Waals surface area contributed by atoms with Gasteiger partial charge in [-0.05, 0) is 54.7 Å². The monoisotopic (exact) mass is 387 g/mol. The largest absolute Gasteiger partial charge is 0.459 e. The summed E-state index contributed by atoms with van der Waals surface area (Å²) in [5.41, 5.74) is 6.07. The first kappa shape index (κ1) is 18.7. The third-order valence-corrected chi connectivity index (χ3v) is 4.99. The lowest BCUT2D eigenvalue weighted by Crippen LogP contribution is -2.21. The maximum Gasteiger partial charge on any atom is 0.291 e. The van der Waals surface area contributed by atoms with E-state index < -0.39 is 0 Å². The number of rotatable bonds is 6. The van der Waals surface area contributed by atoms with Crippen molar-refractivity contribution in [2.45, 2.75) is 19.3 Å². The molecule has 0 bridgehead atoms. The van der Waals surface area contributed by atoms with E-state index in [1.807, 2.05) is 37.3 Å². The number of furan rings is 1. The van der Waals surface area contributed by atoms with Crippen LogP contribution in [0.15, 0.2) is 82.5 Å². The number of carbonyl (C=O) groups is 2. The molecule has 2 aromatic carbocycles. The predicted molar refractivity (Wildman–Crippen MR) is 111 cm³/mol. The van der Waals surface area contributed by atoms with Crippen molar-refractivity contribution in [3.05, 3.63) is 89.9 Å². The number of hydrogen-bond acceptors (Lipinski definition) is 4. The molecular weight excluding hydrogens is 366 g/mol. The molecule has 0 unspecified atom stereocenters. The molecule has 0 radical (unpaired) electrons. The predicted octanol–water partition coefficient (Wildman–Crippen LogP) is 4.18. The Kier molecular flexibility index (Phi) is 5.24. The van der Waals surface area contributed by atoms with Crippen LogP contribution < -0.4 is 10.7 Å². The lowest BCUT2D eigenvalue weighted by Gasteiger charge is -2.06. The summed E-state index contributed by atoms with van der Waals surface area (Å²) in [4.78, 5) is 24.3. The van der Waals surface area contributed by atoms with E-state index >= 15 is 0 Å². The van der Waals surface area contributed by atoms with Gasteiger partial charge < -0.3 is 9.73 Å². The summed E-state index contributed by atoms with van der Waals surface area (Å²) in [6.07, 6.45) is 2.31. The van der Waals surface area contributed by atoms with Crippen LogP contribution in [0.5, 0.6) is 0 Å². The molecule has 2 atom stereocenters. The minimum Gasteiger partial charge on any atom is -0.459 e. The number of carbonyl (C=O) groups excluding carboxylic acids is 2. The maximum atomic E-state index is 12.3. The molecule has 1 fully saturated rings. The van der Waals surface area contributed by atoms with E-state index in [1.165, 1.54) is 11.8 Å². The van der Waals surface area contributed by atoms with Crippen molar-refractivity contribution in [2.24, 2.45) is 11.0 Å². The number of benzene rings is 2. The second-order valence-corrected chi connectivity index (χ2v) is 7.04. The fraction of sp³-hybridized carbons (Fsp3) is 0.174. The van der Waals surface area contributed by atoms with Crippen molar-refractivity contribution in [3.8, 4) is 0 Å². The Bertz CT molecular complexity index is 1020. The van der Waals surface area contributed by atoms with Crippen LogP contribution in [0, 0.1) is 5.92 Å². The molecule has 1 aliphatic rings. The number of nitrogens with one attached hydrogen (secondary N) is 2. The van der Waals surface area contributed by atoms with Gasteiger partial charge in [-0.3, -0.25) is 9.59 Å². The van der Waals surface area contributed by atoms with Crippen molar-refractivity contribution in [1.82, 2.24) is 5.43 Å². The average molecular weight is 387 g/mol. The molecule has 0 spiro atoms. The second-order valence-electron chi connectivity index (χ2n) is 7.04. The fourth-order valence-electron chi connectivity index (χ4n) is 3.24. The van der Waals surface area contributed by atoms with Gasteiger partial charge in [0.15, 0.2) is 5.76 Å². The molecule has 2 N–H and O–H groups in total. The molecule has 1 saturated carbocycles. The normalized spacial score (nSPS) is 18.2. The summed E-state index contributed by atoms with van der Waals surface area (Å²) in [6, 6.07) is 20.6. The van der Waals surface area contributed by atoms with Gasteiger partial charge in [-0.1, -0.05) is 42.5 Å². The Labute approximate surface area is 168 Å². The Morgan fingerprint density at radius 2 is 1.76 bits per heavy atom. The zero-order valence-electron chi connectivity index (χ0n) is 16.0. The van der Waals surface area contributed by atoms with E-state index in [0.29, 0.717) is 11.4 Å². The highest BCUT2D eigenvalue weighted by Crippen LogP contribution is 2.47. The van der Waals surface area contributed by atoms with Gasteiger partial charge in [0.2, 0.25) is 5.91 Å². The first-order valence-electron chi connectivity index (χ1n) is 9.46. The van der Waals surface area contributed by atoms with Crippen molar-refractivity contribution in [3.63, 3.8) is 0 Å². The summed E-state index contributed by atoms with van der Waals surface area (Å²) in [7, 11) is 0. The van der Waals surface area contributed by atoms with Gasteiger partial charge >= 0.3 is 0 Å². The molecule has 6 nitrogen and oxygen atoms in total. The average Bonchev–Trinajstić information content (AvgIpc) is 3.37. The molecule has 146 valence electrons. The maximum absolute atomic E-state index is 12.3. The number of amides is 2. The minimum absolute atomic E-state index is 0.0202. The molecule has 1 heterocycles. The Morgan fingerprint density at radius 1 is 1.00 bits per heavy atom. The molecule has 2 amide bonds. The van der Waals surface area contributed by atoms with Crippen LogP contribution in [0.3, 0.4) is 0 Å². The van der Waals surface area contributed by atoms with Crippen LogP contribution in [-0.2, 0) is 4.79 Å². The molecule has 0 saturated heterocycles. The van der Waals surface area contributed by atoms with Crippen LogP contribution in [-0.4, -0.2) is 17.5 Å². The number of nitrogens with zero attached hydrogens (tertiary/aromatic N) is 1. The zero-order valence-corrected chi connectivity index (χ0v) is 16.0. The van der Waals surface area contributed by atoms with Crippen LogP contribution in [0.4, 0.5) is 5.69 Å². The summed E-state index contributed by atoms with van der Waals surface area (Å²) in [5.74, 6) is 0.152. The Balaban J connectivity index is 1.32. The molecule has 0 aliphatic heterocycles. The zero-order chi connectivity index (χ0) is 20.2. The summed E-state index contributed by atoms with van der Waals surface area (Å²) >= 11 is 0. The second kappa shape index (κ2) is 8.14. The van der Waals surface area contributed by atoms with Gasteiger partial charge in [-0.15, -0.1) is 0 Å². The van der Waals surface area contributed by atoms with Gasteiger partial charge in [0, 0.05) is 11.6 Å². The number of anilines is 1. The number of hydrazone groups is 1. The van der Waals surface area contributed by atoms with Gasteiger partial charge in [-0.2, -0.15) is 5.10 Å². The van der Waals surface area contributed by atoms with E-state index in [4.69, 9.17) is 4.42 Å². The highest BCUT2D eigenvalue weighted by molar-refractivity contribution is 6.03. The Hall–Kier alpha value is -3.67. The van der Waals surface area contributed by atoms with Gasteiger partial charge in [-0.25, -0.2) is 5.43 Å². The lowest BCUT2D eigenvalue weighted by molar-refractivity contribution is -0.122. The van der Waals surface area contributed by atoms with Gasteiger partial charge in [0.05, 0.1) is 12.0 Å². The fourth-order valence-corrected chi connectivity index (χ4v) is 3.24. The number of hydrogen-bond donors (Lipinski definition) is 2. The quantitative estimate of drug-likeness (QED) is 0.492. The molecule has 1 aromatic heterocycles. The summed E-state index contributed by atoms with van der Waals surface area (Å²) < 4.78 is 5.07. The van der Waals surface area contributed by atoms with Crippen molar-refractivity contribution in [2.75, 3.05) is 5.32 Å². The van der Waals surface area contributed by atoms with E-state index in [0.717, 1.165) is 12.0 Å². The molecule has 4 rings (SSSR count). The molecule has 1 aliphatic carbocycles. The van der Waals surface area contributed by atoms with E-state index in [-0.39, 0.29) is 29.4 Å². The van der Waals surface area contributed by atoms with Crippen LogP contribution in [0.1, 0.15) is 40.9 Å². The highest BCUT2D eigenvalue weighted by atomic mass is 16.3. The Morgan fingerprint density at radius 3 is 2.45 bits per heavy atom. The van der Waals surface area contributed by atoms with E-state index in [1.54, 1.807) is 24.3 Å². The lowest BCUT2D eigenvalue weighted by atomic mass is 10.1. The topological polar surface area (TPSA) is 83.7 Å². The van der Waals surface area contributed by atoms with Crippen molar-refractivity contribution >= 4 is 23.2 Å². The van der Waals surface area contributed by atoms with E-state index in [2.05, 4.69) is 28.0 Å². The molecule has 6 heteroatoms. The summed E-state index contributed by atoms with van der Waals surface area (Å²) in [5, 5.41) is 6.99. The van der Waals surface area contributed by atoms with Crippen LogP contribution in [0.2, 0.25) is 0 Å². The highest BCUT2D eigenvalue weighted by Gasteiger charge is 2.43. The molecule has 29 heavy (non-hydrogen) atoms.